The van der Waals surface area contributed by atoms with Gasteiger partial charge in [-0.2, -0.15) is 0 Å². The minimum atomic E-state index is 0.657. The van der Waals surface area contributed by atoms with Gasteiger partial charge in [0.1, 0.15) is 22.2 Å². The second-order valence-corrected chi connectivity index (χ2v) is 8.89. The van der Waals surface area contributed by atoms with Crippen LogP contribution >= 0.6 is 11.3 Å². The van der Waals surface area contributed by atoms with Crippen LogP contribution < -0.4 is 10.1 Å². The van der Waals surface area contributed by atoms with Crippen molar-refractivity contribution in [2.24, 2.45) is 0 Å². The van der Waals surface area contributed by atoms with E-state index in [4.69, 9.17) is 14.7 Å². The zero-order valence-corrected chi connectivity index (χ0v) is 19.2. The van der Waals surface area contributed by atoms with Crippen LogP contribution in [0.4, 0.5) is 5.82 Å². The number of pyridine rings is 1. The summed E-state index contributed by atoms with van der Waals surface area (Å²) in [7, 11) is 3.78. The average molecular weight is 434 g/mol. The molecule has 0 bridgehead atoms. The van der Waals surface area contributed by atoms with Gasteiger partial charge in [-0.1, -0.05) is 18.2 Å². The lowest BCUT2D eigenvalue weighted by Crippen LogP contribution is -2.19. The molecule has 0 atom stereocenters. The molecule has 0 aliphatic heterocycles. The van der Waals surface area contributed by atoms with E-state index >= 15 is 0 Å². The molecule has 1 aromatic carbocycles. The van der Waals surface area contributed by atoms with Crippen molar-refractivity contribution in [3.05, 3.63) is 76.2 Å². The Kier molecular flexibility index (Phi) is 6.44. The molecule has 7 heteroatoms. The van der Waals surface area contributed by atoms with Crippen molar-refractivity contribution >= 4 is 27.4 Å². The van der Waals surface area contributed by atoms with Crippen LogP contribution in [0.3, 0.4) is 0 Å². The van der Waals surface area contributed by atoms with Gasteiger partial charge in [-0.25, -0.2) is 9.97 Å². The first-order valence-electron chi connectivity index (χ1n) is 10.2. The minimum Gasteiger partial charge on any atom is -0.497 e. The fourth-order valence-electron chi connectivity index (χ4n) is 3.56. The number of methoxy groups -OCH3 is 1. The first-order valence-corrected chi connectivity index (χ1v) is 11.1. The Hall–Kier alpha value is -3.03. The lowest BCUT2D eigenvalue weighted by atomic mass is 10.2. The number of hydrogen-bond donors (Lipinski definition) is 1. The number of thiophene rings is 1. The lowest BCUT2D eigenvalue weighted by Gasteiger charge is -2.17. The van der Waals surface area contributed by atoms with Crippen molar-refractivity contribution in [2.75, 3.05) is 19.5 Å². The first kappa shape index (κ1) is 21.2. The minimum absolute atomic E-state index is 0.657. The van der Waals surface area contributed by atoms with Crippen LogP contribution in [0.5, 0.6) is 5.75 Å². The van der Waals surface area contributed by atoms with Gasteiger partial charge in [0, 0.05) is 30.4 Å². The molecule has 3 aromatic heterocycles. The number of rotatable bonds is 8. The quantitative estimate of drug-likeness (QED) is 0.424. The van der Waals surface area contributed by atoms with E-state index in [2.05, 4.69) is 54.3 Å². The fourth-order valence-corrected chi connectivity index (χ4v) is 4.61. The summed E-state index contributed by atoms with van der Waals surface area (Å²) >= 11 is 1.73. The third-order valence-electron chi connectivity index (χ3n) is 5.26. The molecule has 0 radical (unpaired) electrons. The largest absolute Gasteiger partial charge is 0.497 e. The van der Waals surface area contributed by atoms with E-state index < -0.39 is 0 Å². The highest BCUT2D eigenvalue weighted by atomic mass is 32.1. The van der Waals surface area contributed by atoms with Crippen molar-refractivity contribution in [1.82, 2.24) is 19.9 Å². The molecule has 0 saturated heterocycles. The summed E-state index contributed by atoms with van der Waals surface area (Å²) < 4.78 is 5.34. The standard InChI is InChI=1S/C24H27N5OS/c1-16-17(2)31-24-22(16)23(26-13-19-8-6-10-25-12-19)27-21(28-24)15-29(3)14-18-7-5-9-20(11-18)30-4/h5-12H,13-15H2,1-4H3,(H,26,27,28). The highest BCUT2D eigenvalue weighted by molar-refractivity contribution is 7.18. The number of nitrogens with zero attached hydrogens (tertiary/aromatic N) is 4. The predicted molar refractivity (Wildman–Crippen MR) is 127 cm³/mol. The Balaban J connectivity index is 1.57. The van der Waals surface area contributed by atoms with Crippen molar-refractivity contribution in [1.29, 1.82) is 0 Å². The summed E-state index contributed by atoms with van der Waals surface area (Å²) in [6.07, 6.45) is 3.66. The summed E-state index contributed by atoms with van der Waals surface area (Å²) in [5, 5.41) is 4.63. The van der Waals surface area contributed by atoms with Gasteiger partial charge in [-0.15, -0.1) is 11.3 Å². The SMILES string of the molecule is COc1cccc(CN(C)Cc2nc(NCc3cccnc3)c3c(C)c(C)sc3n2)c1. The number of aromatic nitrogens is 3. The third kappa shape index (κ3) is 5.00. The highest BCUT2D eigenvalue weighted by Gasteiger charge is 2.16. The van der Waals surface area contributed by atoms with Gasteiger partial charge >= 0.3 is 0 Å². The number of anilines is 1. The molecular weight excluding hydrogens is 406 g/mol. The van der Waals surface area contributed by atoms with Crippen LogP contribution in [0.25, 0.3) is 10.2 Å². The monoisotopic (exact) mass is 433 g/mol. The van der Waals surface area contributed by atoms with Crippen molar-refractivity contribution in [3.63, 3.8) is 0 Å². The molecule has 0 aliphatic rings. The maximum atomic E-state index is 5.34. The zero-order valence-electron chi connectivity index (χ0n) is 18.3. The molecule has 0 aliphatic carbocycles. The van der Waals surface area contributed by atoms with Gasteiger partial charge in [0.2, 0.25) is 0 Å². The van der Waals surface area contributed by atoms with E-state index in [1.54, 1.807) is 24.6 Å². The van der Waals surface area contributed by atoms with Gasteiger partial charge in [0.15, 0.2) is 0 Å². The van der Waals surface area contributed by atoms with Crippen LogP contribution in [0.15, 0.2) is 48.8 Å². The number of aryl methyl sites for hydroxylation is 2. The van der Waals surface area contributed by atoms with Crippen LogP contribution in [-0.2, 0) is 19.6 Å². The maximum absolute atomic E-state index is 5.34. The van der Waals surface area contributed by atoms with Gasteiger partial charge in [0.25, 0.3) is 0 Å². The summed E-state index contributed by atoms with van der Waals surface area (Å²) in [5.41, 5.74) is 3.56. The molecule has 1 N–H and O–H groups in total. The van der Waals surface area contributed by atoms with E-state index in [0.717, 1.165) is 39.7 Å². The second-order valence-electron chi connectivity index (χ2n) is 7.69. The zero-order chi connectivity index (χ0) is 21.8. The van der Waals surface area contributed by atoms with Crippen LogP contribution in [0.1, 0.15) is 27.4 Å². The van der Waals surface area contributed by atoms with E-state index in [1.807, 2.05) is 24.4 Å². The fraction of sp³-hybridized carbons (Fsp3) is 0.292. The number of ether oxygens (including phenoxy) is 1. The number of nitrogens with one attached hydrogen (secondary N) is 1. The normalized spacial score (nSPS) is 11.3. The van der Waals surface area contributed by atoms with Gasteiger partial charge in [0.05, 0.1) is 19.0 Å². The van der Waals surface area contributed by atoms with E-state index in [9.17, 15) is 0 Å². The van der Waals surface area contributed by atoms with Crippen LogP contribution in [0, 0.1) is 13.8 Å². The highest BCUT2D eigenvalue weighted by Crippen LogP contribution is 2.33. The molecule has 3 heterocycles. The summed E-state index contributed by atoms with van der Waals surface area (Å²) in [4.78, 5) is 18.5. The molecule has 0 spiro atoms. The van der Waals surface area contributed by atoms with Gasteiger partial charge in [-0.05, 0) is 55.8 Å². The molecule has 0 amide bonds. The van der Waals surface area contributed by atoms with Crippen molar-refractivity contribution < 1.29 is 4.74 Å². The molecule has 4 rings (SSSR count). The molecule has 0 saturated carbocycles. The van der Waals surface area contributed by atoms with Crippen molar-refractivity contribution in [3.8, 4) is 5.75 Å². The summed E-state index contributed by atoms with van der Waals surface area (Å²) in [5.74, 6) is 2.57. The maximum Gasteiger partial charge on any atom is 0.146 e. The smallest absolute Gasteiger partial charge is 0.146 e. The van der Waals surface area contributed by atoms with E-state index in [-0.39, 0.29) is 0 Å². The summed E-state index contributed by atoms with van der Waals surface area (Å²) in [6.45, 7) is 6.40. The van der Waals surface area contributed by atoms with E-state index in [1.165, 1.54) is 16.0 Å². The summed E-state index contributed by atoms with van der Waals surface area (Å²) in [6, 6.07) is 12.2. The average Bonchev–Trinajstić information content (AvgIpc) is 3.06. The van der Waals surface area contributed by atoms with Crippen LogP contribution in [0.2, 0.25) is 0 Å². The molecule has 31 heavy (non-hydrogen) atoms. The van der Waals surface area contributed by atoms with Crippen molar-refractivity contribution in [2.45, 2.75) is 33.5 Å². The topological polar surface area (TPSA) is 63.2 Å². The second kappa shape index (κ2) is 9.41. The Morgan fingerprint density at radius 3 is 2.68 bits per heavy atom. The Labute approximate surface area is 187 Å². The Morgan fingerprint density at radius 2 is 1.90 bits per heavy atom. The number of benzene rings is 1. The van der Waals surface area contributed by atoms with Crippen LogP contribution in [-0.4, -0.2) is 34.0 Å². The molecule has 4 aromatic rings. The third-order valence-corrected chi connectivity index (χ3v) is 6.36. The molecule has 6 nitrogen and oxygen atoms in total. The molecular formula is C24H27N5OS. The number of fused-ring (bicyclic) bond motifs is 1. The van der Waals surface area contributed by atoms with Gasteiger partial charge < -0.3 is 10.1 Å². The molecule has 160 valence electrons. The first-order chi connectivity index (χ1) is 15.0. The number of hydrogen-bond acceptors (Lipinski definition) is 7. The molecule has 0 fully saturated rings. The Morgan fingerprint density at radius 1 is 1.06 bits per heavy atom. The molecule has 0 unspecified atom stereocenters. The van der Waals surface area contributed by atoms with E-state index in [0.29, 0.717) is 13.1 Å². The van der Waals surface area contributed by atoms with Gasteiger partial charge in [-0.3, -0.25) is 9.88 Å². The lowest BCUT2D eigenvalue weighted by molar-refractivity contribution is 0.310. The Bertz CT molecular complexity index is 1180. The predicted octanol–water partition coefficient (Wildman–Crippen LogP) is 4.96.